The van der Waals surface area contributed by atoms with Gasteiger partial charge in [0.25, 0.3) is 0 Å². The highest BCUT2D eigenvalue weighted by molar-refractivity contribution is 5.67. The Bertz CT molecular complexity index is 821. The summed E-state index contributed by atoms with van der Waals surface area (Å²) in [5.74, 6) is 0.634. The molecule has 0 aliphatic carbocycles. The summed E-state index contributed by atoms with van der Waals surface area (Å²) in [6.45, 7) is 2.05. The summed E-state index contributed by atoms with van der Waals surface area (Å²) in [7, 11) is 0. The smallest absolute Gasteiger partial charge is 0.149 e. The summed E-state index contributed by atoms with van der Waals surface area (Å²) in [4.78, 5) is 3.95. The van der Waals surface area contributed by atoms with Crippen molar-refractivity contribution in [1.29, 1.82) is 0 Å². The molecule has 3 rings (SSSR count). The third-order valence-electron chi connectivity index (χ3n) is 3.59. The molecule has 0 saturated heterocycles. The van der Waals surface area contributed by atoms with Crippen molar-refractivity contribution in [2.45, 2.75) is 13.3 Å². The van der Waals surface area contributed by atoms with Gasteiger partial charge < -0.3 is 17.2 Å². The van der Waals surface area contributed by atoms with Crippen LogP contribution >= 0.6 is 0 Å². The lowest BCUT2D eigenvalue weighted by atomic mass is 10.1. The maximum absolute atomic E-state index is 5.97. The fourth-order valence-electron chi connectivity index (χ4n) is 2.42. The molecule has 0 aliphatic rings. The zero-order valence-corrected chi connectivity index (χ0v) is 12.3. The first kappa shape index (κ1) is 13.9. The van der Waals surface area contributed by atoms with E-state index in [-0.39, 0.29) is 5.82 Å². The molecule has 0 amide bonds. The van der Waals surface area contributed by atoms with E-state index in [0.29, 0.717) is 17.9 Å². The Morgan fingerprint density at radius 1 is 1.14 bits per heavy atom. The molecule has 6 heteroatoms. The lowest BCUT2D eigenvalue weighted by Crippen LogP contribution is -2.05. The van der Waals surface area contributed by atoms with Gasteiger partial charge in [-0.25, -0.2) is 9.67 Å². The Labute approximate surface area is 128 Å². The number of rotatable bonds is 3. The number of hydrogen-bond donors (Lipinski definition) is 3. The normalized spacial score (nSPS) is 10.8. The van der Waals surface area contributed by atoms with Crippen LogP contribution in [0.5, 0.6) is 0 Å². The Morgan fingerprint density at radius 2 is 1.91 bits per heavy atom. The van der Waals surface area contributed by atoms with Gasteiger partial charge in [-0.2, -0.15) is 5.10 Å². The molecule has 0 aliphatic heterocycles. The van der Waals surface area contributed by atoms with Crippen LogP contribution in [0.1, 0.15) is 16.7 Å². The van der Waals surface area contributed by atoms with Crippen LogP contribution in [0.15, 0.2) is 42.7 Å². The summed E-state index contributed by atoms with van der Waals surface area (Å²) < 4.78 is 1.86. The fraction of sp³-hybridized carbons (Fsp3) is 0.125. The number of para-hydroxylation sites is 1. The van der Waals surface area contributed by atoms with Crippen LogP contribution in [0.4, 0.5) is 17.3 Å². The zero-order valence-electron chi connectivity index (χ0n) is 12.3. The topological polar surface area (TPSA) is 109 Å². The second kappa shape index (κ2) is 5.40. The van der Waals surface area contributed by atoms with Gasteiger partial charge in [0.2, 0.25) is 0 Å². The average molecular weight is 294 g/mol. The fourth-order valence-corrected chi connectivity index (χ4v) is 2.42. The summed E-state index contributed by atoms with van der Waals surface area (Å²) in [6, 6.07) is 9.83. The number of pyridine rings is 1. The van der Waals surface area contributed by atoms with E-state index in [2.05, 4.69) is 23.1 Å². The van der Waals surface area contributed by atoms with Crippen LogP contribution in [0.2, 0.25) is 0 Å². The molecule has 0 radical (unpaired) electrons. The number of hydrogen-bond acceptors (Lipinski definition) is 5. The monoisotopic (exact) mass is 294 g/mol. The molecule has 22 heavy (non-hydrogen) atoms. The van der Waals surface area contributed by atoms with Crippen molar-refractivity contribution in [1.82, 2.24) is 14.8 Å². The van der Waals surface area contributed by atoms with Crippen molar-refractivity contribution in [2.24, 2.45) is 0 Å². The minimum Gasteiger partial charge on any atom is -0.396 e. The molecule has 0 fully saturated rings. The average Bonchev–Trinajstić information content (AvgIpc) is 2.93. The van der Waals surface area contributed by atoms with Gasteiger partial charge in [0.05, 0.1) is 17.6 Å². The SMILES string of the molecule is Cc1ccccc1-n1cc(Cc2cc(N)nc(N)c2N)cn1. The standard InChI is InChI=1S/C16H18N6/c1-10-4-2-3-5-13(10)22-9-11(8-20-22)6-12-7-14(17)21-16(19)15(12)18/h2-5,7-9H,6,18H2,1H3,(H4,17,19,21). The lowest BCUT2D eigenvalue weighted by Gasteiger charge is -2.08. The molecular formula is C16H18N6. The molecule has 6 nitrogen and oxygen atoms in total. The molecule has 0 bridgehead atoms. The van der Waals surface area contributed by atoms with E-state index in [1.54, 1.807) is 6.07 Å². The van der Waals surface area contributed by atoms with Crippen molar-refractivity contribution in [3.05, 3.63) is 59.4 Å². The van der Waals surface area contributed by atoms with Gasteiger partial charge in [-0.3, -0.25) is 0 Å². The molecule has 1 aromatic carbocycles. The molecule has 0 unspecified atom stereocenters. The second-order valence-electron chi connectivity index (χ2n) is 5.26. The van der Waals surface area contributed by atoms with Gasteiger partial charge in [0.15, 0.2) is 0 Å². The Hall–Kier alpha value is -3.02. The van der Waals surface area contributed by atoms with Crippen LogP contribution in [-0.2, 0) is 6.42 Å². The first-order chi connectivity index (χ1) is 10.5. The van der Waals surface area contributed by atoms with E-state index in [9.17, 15) is 0 Å². The van der Waals surface area contributed by atoms with E-state index in [1.165, 1.54) is 0 Å². The third-order valence-corrected chi connectivity index (χ3v) is 3.59. The molecule has 0 saturated carbocycles. The van der Waals surface area contributed by atoms with Gasteiger partial charge in [0.1, 0.15) is 11.6 Å². The predicted octanol–water partition coefficient (Wildman–Crippen LogP) is 1.91. The van der Waals surface area contributed by atoms with Crippen LogP contribution in [0, 0.1) is 6.92 Å². The van der Waals surface area contributed by atoms with Gasteiger partial charge in [-0.15, -0.1) is 0 Å². The van der Waals surface area contributed by atoms with E-state index in [1.807, 2.05) is 35.3 Å². The molecule has 112 valence electrons. The van der Waals surface area contributed by atoms with Crippen molar-refractivity contribution < 1.29 is 0 Å². The van der Waals surface area contributed by atoms with Gasteiger partial charge in [-0.05, 0) is 35.7 Å². The lowest BCUT2D eigenvalue weighted by molar-refractivity contribution is 0.872. The molecule has 2 heterocycles. The molecule has 6 N–H and O–H groups in total. The summed E-state index contributed by atoms with van der Waals surface area (Å²) >= 11 is 0. The number of nitrogen functional groups attached to an aromatic ring is 3. The number of anilines is 3. The number of aryl methyl sites for hydroxylation is 1. The van der Waals surface area contributed by atoms with E-state index in [4.69, 9.17) is 17.2 Å². The minimum absolute atomic E-state index is 0.265. The maximum Gasteiger partial charge on any atom is 0.149 e. The van der Waals surface area contributed by atoms with Crippen LogP contribution < -0.4 is 17.2 Å². The first-order valence-corrected chi connectivity index (χ1v) is 6.94. The van der Waals surface area contributed by atoms with Crippen LogP contribution in [0.25, 0.3) is 5.69 Å². The number of benzene rings is 1. The highest BCUT2D eigenvalue weighted by atomic mass is 15.3. The third kappa shape index (κ3) is 2.58. The van der Waals surface area contributed by atoms with Crippen LogP contribution in [-0.4, -0.2) is 14.8 Å². The second-order valence-corrected chi connectivity index (χ2v) is 5.26. The Balaban J connectivity index is 1.91. The summed E-state index contributed by atoms with van der Waals surface area (Å²) in [6.07, 6.45) is 4.40. The Morgan fingerprint density at radius 3 is 2.68 bits per heavy atom. The molecule has 2 aromatic heterocycles. The van der Waals surface area contributed by atoms with Gasteiger partial charge >= 0.3 is 0 Å². The minimum atomic E-state index is 0.265. The number of nitrogens with two attached hydrogens (primary N) is 3. The quantitative estimate of drug-likeness (QED) is 0.683. The molecule has 0 atom stereocenters. The Kier molecular flexibility index (Phi) is 3.42. The van der Waals surface area contributed by atoms with Crippen molar-refractivity contribution >= 4 is 17.3 Å². The molecular weight excluding hydrogens is 276 g/mol. The largest absolute Gasteiger partial charge is 0.396 e. The number of nitrogens with zero attached hydrogens (tertiary/aromatic N) is 3. The zero-order chi connectivity index (χ0) is 15.7. The molecule has 0 spiro atoms. The maximum atomic E-state index is 5.97. The van der Waals surface area contributed by atoms with Crippen molar-refractivity contribution in [3.8, 4) is 5.69 Å². The number of aromatic nitrogens is 3. The predicted molar refractivity (Wildman–Crippen MR) is 88.6 cm³/mol. The van der Waals surface area contributed by atoms with Crippen molar-refractivity contribution in [2.75, 3.05) is 17.2 Å². The van der Waals surface area contributed by atoms with Crippen molar-refractivity contribution in [3.63, 3.8) is 0 Å². The van der Waals surface area contributed by atoms with E-state index < -0.39 is 0 Å². The highest BCUT2D eigenvalue weighted by Gasteiger charge is 2.09. The first-order valence-electron chi connectivity index (χ1n) is 6.94. The summed E-state index contributed by atoms with van der Waals surface area (Å²) in [5, 5.41) is 4.42. The van der Waals surface area contributed by atoms with E-state index >= 15 is 0 Å². The summed E-state index contributed by atoms with van der Waals surface area (Å²) in [5.41, 5.74) is 22.0. The van der Waals surface area contributed by atoms with Crippen LogP contribution in [0.3, 0.4) is 0 Å². The molecule has 3 aromatic rings. The highest BCUT2D eigenvalue weighted by Crippen LogP contribution is 2.23. The van der Waals surface area contributed by atoms with Gasteiger partial charge in [-0.1, -0.05) is 18.2 Å². The van der Waals surface area contributed by atoms with E-state index in [0.717, 1.165) is 22.4 Å². The van der Waals surface area contributed by atoms with Gasteiger partial charge in [0, 0.05) is 12.6 Å².